The molecule has 0 aliphatic rings. The summed E-state index contributed by atoms with van der Waals surface area (Å²) in [6.07, 6.45) is 1.58. The Morgan fingerprint density at radius 3 is 2.52 bits per heavy atom. The number of rotatable bonds is 4. The zero-order valence-electron chi connectivity index (χ0n) is 11.8. The van der Waals surface area contributed by atoms with Crippen LogP contribution in [-0.4, -0.2) is 27.7 Å². The first-order valence-electron chi connectivity index (χ1n) is 6.25. The van der Waals surface area contributed by atoms with E-state index in [9.17, 15) is 13.2 Å². The molecule has 0 aromatic carbocycles. The van der Waals surface area contributed by atoms with Crippen molar-refractivity contribution >= 4 is 19.7 Å². The van der Waals surface area contributed by atoms with Gasteiger partial charge in [0.05, 0.1) is 0 Å². The SMILES string of the molecule is CC(C)Cn1c(-c2ccn(C)c(=O)c2)nnc1S(=O)(=O)Cl. The molecule has 0 aliphatic carbocycles. The lowest BCUT2D eigenvalue weighted by atomic mass is 10.2. The van der Waals surface area contributed by atoms with E-state index in [0.717, 1.165) is 0 Å². The van der Waals surface area contributed by atoms with E-state index in [1.807, 2.05) is 13.8 Å². The van der Waals surface area contributed by atoms with Gasteiger partial charge in [-0.1, -0.05) is 13.8 Å². The van der Waals surface area contributed by atoms with Crippen LogP contribution in [0.3, 0.4) is 0 Å². The van der Waals surface area contributed by atoms with E-state index in [1.165, 1.54) is 15.2 Å². The Labute approximate surface area is 126 Å². The Kier molecular flexibility index (Phi) is 4.20. The van der Waals surface area contributed by atoms with Crippen molar-refractivity contribution in [3.05, 3.63) is 28.7 Å². The first-order valence-corrected chi connectivity index (χ1v) is 8.56. The van der Waals surface area contributed by atoms with Crippen molar-refractivity contribution < 1.29 is 8.42 Å². The van der Waals surface area contributed by atoms with Gasteiger partial charge in [0.1, 0.15) is 0 Å². The number of nitrogens with zero attached hydrogens (tertiary/aromatic N) is 4. The number of pyridine rings is 1. The van der Waals surface area contributed by atoms with Crippen molar-refractivity contribution in [3.63, 3.8) is 0 Å². The molecule has 0 aliphatic heterocycles. The molecule has 0 spiro atoms. The minimum absolute atomic E-state index is 0.156. The molecular weight excluding hydrogens is 316 g/mol. The van der Waals surface area contributed by atoms with Gasteiger partial charge in [-0.25, -0.2) is 8.42 Å². The number of hydrogen-bond donors (Lipinski definition) is 0. The Balaban J connectivity index is 2.66. The Bertz CT molecular complexity index is 823. The van der Waals surface area contributed by atoms with E-state index in [1.54, 1.807) is 19.3 Å². The van der Waals surface area contributed by atoms with Crippen molar-refractivity contribution in [2.24, 2.45) is 13.0 Å². The monoisotopic (exact) mass is 330 g/mol. The van der Waals surface area contributed by atoms with Gasteiger partial charge in [-0.3, -0.25) is 9.36 Å². The van der Waals surface area contributed by atoms with Crippen molar-refractivity contribution in [1.29, 1.82) is 0 Å². The van der Waals surface area contributed by atoms with Crippen LogP contribution in [0.15, 0.2) is 28.3 Å². The summed E-state index contributed by atoms with van der Waals surface area (Å²) in [4.78, 5) is 11.7. The van der Waals surface area contributed by atoms with Crippen LogP contribution >= 0.6 is 10.7 Å². The van der Waals surface area contributed by atoms with E-state index >= 15 is 0 Å². The minimum atomic E-state index is -4.01. The molecule has 7 nitrogen and oxygen atoms in total. The Morgan fingerprint density at radius 1 is 1.33 bits per heavy atom. The molecule has 9 heteroatoms. The minimum Gasteiger partial charge on any atom is -0.319 e. The molecule has 0 saturated carbocycles. The average molecular weight is 331 g/mol. The van der Waals surface area contributed by atoms with E-state index in [-0.39, 0.29) is 16.6 Å². The second kappa shape index (κ2) is 5.61. The van der Waals surface area contributed by atoms with Gasteiger partial charge >= 0.3 is 0 Å². The van der Waals surface area contributed by atoms with Crippen LogP contribution in [0.2, 0.25) is 0 Å². The number of halogens is 1. The summed E-state index contributed by atoms with van der Waals surface area (Å²) in [5, 5.41) is 7.22. The van der Waals surface area contributed by atoms with Crippen LogP contribution in [0.25, 0.3) is 11.4 Å². The highest BCUT2D eigenvalue weighted by atomic mass is 35.7. The van der Waals surface area contributed by atoms with Crippen LogP contribution in [0.5, 0.6) is 0 Å². The molecular formula is C12H15ClN4O3S. The van der Waals surface area contributed by atoms with Crippen molar-refractivity contribution in [3.8, 4) is 11.4 Å². The highest BCUT2D eigenvalue weighted by Crippen LogP contribution is 2.22. The highest BCUT2D eigenvalue weighted by Gasteiger charge is 2.24. The molecule has 0 unspecified atom stereocenters. The summed E-state index contributed by atoms with van der Waals surface area (Å²) in [7, 11) is 3.01. The number of aryl methyl sites for hydroxylation is 1. The van der Waals surface area contributed by atoms with E-state index < -0.39 is 9.05 Å². The number of hydrogen-bond acceptors (Lipinski definition) is 5. The third-order valence-corrected chi connectivity index (χ3v) is 4.00. The standard InChI is InChI=1S/C12H15ClN4O3S/c1-8(2)7-17-11(14-15-12(17)21(13,19)20)9-4-5-16(3)10(18)6-9/h4-6,8H,7H2,1-3H3. The van der Waals surface area contributed by atoms with Crippen LogP contribution in [0.4, 0.5) is 0 Å². The summed E-state index contributed by atoms with van der Waals surface area (Å²) < 4.78 is 26.0. The molecule has 2 aromatic heterocycles. The zero-order valence-corrected chi connectivity index (χ0v) is 13.4. The molecule has 0 bridgehead atoms. The molecule has 2 rings (SSSR count). The van der Waals surface area contributed by atoms with E-state index in [0.29, 0.717) is 17.9 Å². The predicted molar refractivity (Wildman–Crippen MR) is 78.6 cm³/mol. The molecule has 2 heterocycles. The quantitative estimate of drug-likeness (QED) is 0.787. The molecule has 0 radical (unpaired) electrons. The van der Waals surface area contributed by atoms with Crippen molar-refractivity contribution in [1.82, 2.24) is 19.3 Å². The van der Waals surface area contributed by atoms with Crippen LogP contribution < -0.4 is 5.56 Å². The molecule has 0 N–H and O–H groups in total. The number of aromatic nitrogens is 4. The summed E-state index contributed by atoms with van der Waals surface area (Å²) in [6.45, 7) is 4.23. The normalized spacial score (nSPS) is 12.0. The maximum atomic E-state index is 11.7. The average Bonchev–Trinajstić information content (AvgIpc) is 2.75. The van der Waals surface area contributed by atoms with Crippen molar-refractivity contribution in [2.75, 3.05) is 0 Å². The fourth-order valence-electron chi connectivity index (χ4n) is 1.90. The van der Waals surface area contributed by atoms with Gasteiger partial charge in [-0.2, -0.15) is 0 Å². The van der Waals surface area contributed by atoms with Gasteiger partial charge in [0.25, 0.3) is 19.8 Å². The summed E-state index contributed by atoms with van der Waals surface area (Å²) >= 11 is 0. The van der Waals surface area contributed by atoms with E-state index in [4.69, 9.17) is 10.7 Å². The fourth-order valence-corrected chi connectivity index (χ4v) is 2.81. The van der Waals surface area contributed by atoms with Gasteiger partial charge in [0.15, 0.2) is 5.82 Å². The lowest BCUT2D eigenvalue weighted by Gasteiger charge is -2.11. The van der Waals surface area contributed by atoms with Crippen molar-refractivity contribution in [2.45, 2.75) is 25.5 Å². The zero-order chi connectivity index (χ0) is 15.8. The molecule has 2 aromatic rings. The smallest absolute Gasteiger partial charge is 0.296 e. The van der Waals surface area contributed by atoms with Gasteiger partial charge in [-0.05, 0) is 12.0 Å². The highest BCUT2D eigenvalue weighted by molar-refractivity contribution is 8.13. The largest absolute Gasteiger partial charge is 0.319 e. The maximum Gasteiger partial charge on any atom is 0.296 e. The third kappa shape index (κ3) is 3.33. The van der Waals surface area contributed by atoms with Crippen LogP contribution in [0, 0.1) is 5.92 Å². The predicted octanol–water partition coefficient (Wildman–Crippen LogP) is 1.23. The first kappa shape index (κ1) is 15.7. The van der Waals surface area contributed by atoms with Gasteiger partial charge in [-0.15, -0.1) is 10.2 Å². The molecule has 0 fully saturated rings. The third-order valence-electron chi connectivity index (χ3n) is 2.85. The lowest BCUT2D eigenvalue weighted by Crippen LogP contribution is -2.16. The first-order chi connectivity index (χ1) is 9.70. The molecule has 21 heavy (non-hydrogen) atoms. The summed E-state index contributed by atoms with van der Waals surface area (Å²) in [5.41, 5.74) is 0.277. The van der Waals surface area contributed by atoms with E-state index in [2.05, 4.69) is 10.2 Å². The van der Waals surface area contributed by atoms with Crippen LogP contribution in [0.1, 0.15) is 13.8 Å². The Morgan fingerprint density at radius 2 is 2.00 bits per heavy atom. The van der Waals surface area contributed by atoms with Crippen LogP contribution in [-0.2, 0) is 22.6 Å². The lowest BCUT2D eigenvalue weighted by molar-refractivity contribution is 0.488. The van der Waals surface area contributed by atoms with Gasteiger partial charge in [0.2, 0.25) is 0 Å². The maximum absolute atomic E-state index is 11.7. The summed E-state index contributed by atoms with van der Waals surface area (Å²) in [5.74, 6) is 0.462. The molecule has 0 saturated heterocycles. The summed E-state index contributed by atoms with van der Waals surface area (Å²) in [6, 6.07) is 3.05. The second-order valence-electron chi connectivity index (χ2n) is 5.11. The van der Waals surface area contributed by atoms with Gasteiger partial charge < -0.3 is 4.57 Å². The topological polar surface area (TPSA) is 86.8 Å². The molecule has 0 atom stereocenters. The van der Waals surface area contributed by atoms with Gasteiger partial charge in [0, 0.05) is 42.1 Å². The Hall–Kier alpha value is -1.67. The fraction of sp³-hybridized carbons (Fsp3) is 0.417. The molecule has 0 amide bonds. The molecule has 114 valence electrons. The second-order valence-corrected chi connectivity index (χ2v) is 7.57.